The molecule has 0 amide bonds. The second-order valence-corrected chi connectivity index (χ2v) is 6.28. The molecule has 0 aliphatic heterocycles. The first kappa shape index (κ1) is 22.7. The molecule has 0 atom stereocenters. The molecule has 156 valence electrons. The van der Waals surface area contributed by atoms with Gasteiger partial charge in [-0.15, -0.1) is 13.2 Å². The van der Waals surface area contributed by atoms with Crippen LogP contribution in [0.5, 0.6) is 11.5 Å². The summed E-state index contributed by atoms with van der Waals surface area (Å²) in [5, 5.41) is -0.736. The molecule has 0 radical (unpaired) electrons. The van der Waals surface area contributed by atoms with Crippen LogP contribution in [0, 0.1) is 0 Å². The Hall–Kier alpha value is -2.58. The molecule has 2 rings (SSSR count). The number of methoxy groups -OCH3 is 2. The molecular weight excluding hydrogens is 436 g/mol. The number of hydrogen-bond donors (Lipinski definition) is 0. The average molecular weight is 451 g/mol. The quantitative estimate of drug-likeness (QED) is 0.310. The molecule has 0 aliphatic carbocycles. The maximum Gasteiger partial charge on any atom is 0.573 e. The van der Waals surface area contributed by atoms with Crippen LogP contribution < -0.4 is 9.47 Å². The van der Waals surface area contributed by atoms with E-state index in [0.29, 0.717) is 11.1 Å². The summed E-state index contributed by atoms with van der Waals surface area (Å²) in [7, 11) is 2.62. The largest absolute Gasteiger partial charge is 0.573 e. The number of ether oxygens (including phenoxy) is 4. The molecule has 2 aromatic carbocycles. The lowest BCUT2D eigenvalue weighted by Crippen LogP contribution is -2.17. The normalized spacial score (nSPS) is 11.8. The van der Waals surface area contributed by atoms with Gasteiger partial charge in [0.15, 0.2) is 5.75 Å². The Morgan fingerprint density at radius 1 is 1.10 bits per heavy atom. The molecule has 0 N–H and O–H groups in total. The van der Waals surface area contributed by atoms with E-state index in [1.54, 1.807) is 24.3 Å². The van der Waals surface area contributed by atoms with Gasteiger partial charge in [0, 0.05) is 12.1 Å². The minimum absolute atomic E-state index is 0.0413. The van der Waals surface area contributed by atoms with E-state index in [-0.39, 0.29) is 28.0 Å². The number of carbonyl (C=O) groups is 1. The highest BCUT2D eigenvalue weighted by atomic mass is 35.5. The van der Waals surface area contributed by atoms with Crippen molar-refractivity contribution in [1.82, 2.24) is 0 Å². The van der Waals surface area contributed by atoms with Crippen molar-refractivity contribution in [1.29, 1.82) is 0 Å². The highest BCUT2D eigenvalue weighted by molar-refractivity contribution is 6.37. The molecule has 0 aliphatic rings. The molecule has 0 saturated carbocycles. The van der Waals surface area contributed by atoms with E-state index in [9.17, 15) is 18.0 Å². The lowest BCUT2D eigenvalue weighted by atomic mass is 10.0. The summed E-state index contributed by atoms with van der Waals surface area (Å²) in [6.07, 6.45) is -3.70. The molecule has 0 heterocycles. The van der Waals surface area contributed by atoms with E-state index in [4.69, 9.17) is 37.4 Å². The molecule has 0 spiro atoms. The Labute approximate surface area is 174 Å². The zero-order valence-electron chi connectivity index (χ0n) is 15.2. The number of carbonyl (C=O) groups excluding carboxylic acids is 1. The minimum Gasteiger partial charge on any atom is -0.503 e. The van der Waals surface area contributed by atoms with Gasteiger partial charge < -0.3 is 18.9 Å². The molecule has 0 bridgehead atoms. The van der Waals surface area contributed by atoms with Crippen LogP contribution in [0.25, 0.3) is 5.57 Å². The molecule has 0 aromatic heterocycles. The smallest absolute Gasteiger partial charge is 0.503 e. The Kier molecular flexibility index (Phi) is 7.64. The molecule has 2 aromatic rings. The van der Waals surface area contributed by atoms with Gasteiger partial charge in [-0.1, -0.05) is 47.5 Å². The fourth-order valence-electron chi connectivity index (χ4n) is 2.35. The average Bonchev–Trinajstić information content (AvgIpc) is 2.66. The Morgan fingerprint density at radius 3 is 2.28 bits per heavy atom. The summed E-state index contributed by atoms with van der Waals surface area (Å²) in [6, 6.07) is 9.09. The van der Waals surface area contributed by atoms with E-state index in [1.165, 1.54) is 20.5 Å². The van der Waals surface area contributed by atoms with Crippen molar-refractivity contribution >= 4 is 34.7 Å². The van der Waals surface area contributed by atoms with Gasteiger partial charge in [-0.25, -0.2) is 4.79 Å². The minimum atomic E-state index is -4.94. The summed E-state index contributed by atoms with van der Waals surface area (Å²) in [5.74, 6) is -1.22. The van der Waals surface area contributed by atoms with Gasteiger partial charge in [-0.05, 0) is 11.1 Å². The summed E-state index contributed by atoms with van der Waals surface area (Å²) < 4.78 is 56.4. The lowest BCUT2D eigenvalue weighted by molar-refractivity contribution is -0.274. The predicted octanol–water partition coefficient (Wildman–Crippen LogP) is 5.63. The third kappa shape index (κ3) is 6.20. The van der Waals surface area contributed by atoms with Gasteiger partial charge >= 0.3 is 12.3 Å². The first-order valence-corrected chi connectivity index (χ1v) is 8.69. The zero-order chi connectivity index (χ0) is 21.6. The van der Waals surface area contributed by atoms with Gasteiger partial charge in [0.1, 0.15) is 17.9 Å². The van der Waals surface area contributed by atoms with Crippen molar-refractivity contribution < 1.29 is 36.9 Å². The van der Waals surface area contributed by atoms with Gasteiger partial charge in [-0.2, -0.15) is 0 Å². The van der Waals surface area contributed by atoms with E-state index < -0.39 is 18.1 Å². The molecule has 0 fully saturated rings. The predicted molar refractivity (Wildman–Crippen MR) is 101 cm³/mol. The zero-order valence-corrected chi connectivity index (χ0v) is 16.7. The van der Waals surface area contributed by atoms with E-state index in [0.717, 1.165) is 12.1 Å². The molecule has 10 heteroatoms. The second-order valence-electron chi connectivity index (χ2n) is 5.47. The number of rotatable bonds is 7. The SMILES string of the molecule is COC=C(C(=O)OC)c1ccccc1COc1cc(Cl)c(OC(F)(F)F)c(Cl)c1. The highest BCUT2D eigenvalue weighted by Crippen LogP contribution is 2.40. The molecular formula is C19H15Cl2F3O5. The number of alkyl halides is 3. The summed E-state index contributed by atoms with van der Waals surface area (Å²) >= 11 is 11.7. The van der Waals surface area contributed by atoms with Crippen molar-refractivity contribution in [2.75, 3.05) is 14.2 Å². The fraction of sp³-hybridized carbons (Fsp3) is 0.211. The third-order valence-electron chi connectivity index (χ3n) is 3.53. The first-order valence-electron chi connectivity index (χ1n) is 7.93. The van der Waals surface area contributed by atoms with Crippen LogP contribution in [-0.2, 0) is 20.9 Å². The monoisotopic (exact) mass is 450 g/mol. The van der Waals surface area contributed by atoms with Gasteiger partial charge in [-0.3, -0.25) is 0 Å². The maximum atomic E-state index is 12.4. The Balaban J connectivity index is 2.27. The standard InChI is InChI=1S/C19H15Cl2F3O5/c1-26-10-14(18(25)27-2)13-6-4-3-5-11(13)9-28-12-7-15(20)17(16(21)8-12)29-19(22,23)24/h3-8,10H,9H2,1-2H3. The van der Waals surface area contributed by atoms with Crippen LogP contribution in [0.15, 0.2) is 42.7 Å². The van der Waals surface area contributed by atoms with Crippen LogP contribution in [0.4, 0.5) is 13.2 Å². The van der Waals surface area contributed by atoms with Crippen LogP contribution in [0.3, 0.4) is 0 Å². The van der Waals surface area contributed by atoms with Crippen LogP contribution in [0.1, 0.15) is 11.1 Å². The topological polar surface area (TPSA) is 54.0 Å². The van der Waals surface area contributed by atoms with Crippen molar-refractivity contribution in [2.24, 2.45) is 0 Å². The van der Waals surface area contributed by atoms with E-state index >= 15 is 0 Å². The van der Waals surface area contributed by atoms with Crippen molar-refractivity contribution in [3.8, 4) is 11.5 Å². The van der Waals surface area contributed by atoms with E-state index in [1.807, 2.05) is 0 Å². The third-order valence-corrected chi connectivity index (χ3v) is 4.09. The lowest BCUT2D eigenvalue weighted by Gasteiger charge is -2.15. The van der Waals surface area contributed by atoms with Crippen LogP contribution in [-0.4, -0.2) is 26.6 Å². The van der Waals surface area contributed by atoms with Crippen LogP contribution >= 0.6 is 23.2 Å². The van der Waals surface area contributed by atoms with Crippen LogP contribution in [0.2, 0.25) is 10.0 Å². The Morgan fingerprint density at radius 2 is 1.72 bits per heavy atom. The summed E-state index contributed by atoms with van der Waals surface area (Å²) in [4.78, 5) is 12.0. The van der Waals surface area contributed by atoms with Crippen molar-refractivity contribution in [3.63, 3.8) is 0 Å². The number of halogens is 5. The van der Waals surface area contributed by atoms with Crippen molar-refractivity contribution in [3.05, 3.63) is 63.8 Å². The molecule has 29 heavy (non-hydrogen) atoms. The van der Waals surface area contributed by atoms with Gasteiger partial charge in [0.05, 0.1) is 30.5 Å². The second kappa shape index (κ2) is 9.76. The van der Waals surface area contributed by atoms with Gasteiger partial charge in [0.25, 0.3) is 0 Å². The maximum absolute atomic E-state index is 12.4. The van der Waals surface area contributed by atoms with Crippen molar-refractivity contribution in [2.45, 2.75) is 13.0 Å². The summed E-state index contributed by atoms with van der Waals surface area (Å²) in [5.41, 5.74) is 1.25. The summed E-state index contributed by atoms with van der Waals surface area (Å²) in [6.45, 7) is -0.0413. The number of hydrogen-bond acceptors (Lipinski definition) is 5. The first-order chi connectivity index (χ1) is 13.7. The highest BCUT2D eigenvalue weighted by Gasteiger charge is 2.33. The number of benzene rings is 2. The molecule has 0 unspecified atom stereocenters. The molecule has 5 nitrogen and oxygen atoms in total. The molecule has 0 saturated heterocycles. The number of esters is 1. The fourth-order valence-corrected chi connectivity index (χ4v) is 2.90. The van der Waals surface area contributed by atoms with Gasteiger partial charge in [0.2, 0.25) is 0 Å². The van der Waals surface area contributed by atoms with E-state index in [2.05, 4.69) is 4.74 Å². The Bertz CT molecular complexity index is 890.